The Hall–Kier alpha value is -14.4. The summed E-state index contributed by atoms with van der Waals surface area (Å²) >= 11 is 0. The lowest BCUT2D eigenvalue weighted by molar-refractivity contribution is 0.0563. The second kappa shape index (κ2) is 38.4. The second-order valence-corrected chi connectivity index (χ2v) is 42.1. The van der Waals surface area contributed by atoms with Crippen molar-refractivity contribution < 1.29 is 38.4 Å². The van der Waals surface area contributed by atoms with Gasteiger partial charge in [0.1, 0.15) is 0 Å². The number of unbranched alkanes of at least 4 members (excludes halogenated alkanes) is 4. The van der Waals surface area contributed by atoms with Crippen LogP contribution in [0.15, 0.2) is 243 Å². The molecule has 0 aliphatic carbocycles. The Morgan fingerprint density at radius 1 is 0.188 bits per heavy atom. The Morgan fingerprint density at radius 2 is 0.368 bits per heavy atom. The van der Waals surface area contributed by atoms with Crippen LogP contribution in [0.5, 0.6) is 0 Å². The molecule has 20 aromatic rings. The van der Waals surface area contributed by atoms with Crippen molar-refractivity contribution in [2.45, 2.75) is 209 Å². The lowest BCUT2D eigenvalue weighted by Crippen LogP contribution is -2.44. The zero-order valence-corrected chi connectivity index (χ0v) is 84.3. The van der Waals surface area contributed by atoms with Gasteiger partial charge in [-0.05, 0) is 323 Å². The van der Waals surface area contributed by atoms with Gasteiger partial charge in [0.15, 0.2) is 0 Å². The van der Waals surface area contributed by atoms with E-state index in [-0.39, 0.29) is 70.9 Å². The maximum Gasteiger partial charge on any atom is 0.261 e. The summed E-state index contributed by atoms with van der Waals surface area (Å²) in [7, 11) is 0. The van der Waals surface area contributed by atoms with Crippen molar-refractivity contribution in [1.29, 1.82) is 0 Å². The summed E-state index contributed by atoms with van der Waals surface area (Å²) in [5.41, 5.74) is 13.8. The Balaban J connectivity index is 0.000000176. The Labute approximate surface area is 841 Å². The molecule has 0 saturated carbocycles. The number of imide groups is 4. The minimum Gasteiger partial charge on any atom is -0.274 e. The van der Waals surface area contributed by atoms with Gasteiger partial charge in [0.25, 0.3) is 47.3 Å². The lowest BCUT2D eigenvalue weighted by Gasteiger charge is -2.34. The van der Waals surface area contributed by atoms with Crippen LogP contribution in [0.4, 0.5) is 0 Å². The zero-order chi connectivity index (χ0) is 98.7. The molecule has 8 amide bonds. The molecule has 4 atom stereocenters. The molecule has 12 nitrogen and oxygen atoms in total. The number of hydrogen-bond acceptors (Lipinski definition) is 8. The van der Waals surface area contributed by atoms with Crippen molar-refractivity contribution in [3.8, 4) is 0 Å². The SMILES string of the molecule is CCCCC(CC)CN1C(=O)c2c(CCc3ccccc3)cc3c4ccc5c6cc(CCc7ccccc7)c7c8c(c(CCc9ccccc9)cc(c9ccc(c%10cc(CCc%11ccccc%11)c(c2c3%10)C1=O)c4c59)c86)C(=O)N(CC(CC)CCCC)C7=O.CCCCC(CC)CN1C(=O)c2ccc3c4ccc5c6ccc7c8c(ccc(c9ccc(c%10ccc(c2c3%10)C1=O)c4c59)c86)C(=O)N(CC(CC)CCCC)C7=O. The minimum absolute atomic E-state index is 0.172. The molecule has 0 aromatic heterocycles. The van der Waals surface area contributed by atoms with E-state index in [1.54, 1.807) is 9.80 Å². The maximum absolute atomic E-state index is 15.8. The number of amides is 8. The van der Waals surface area contributed by atoms with Crippen LogP contribution in [-0.2, 0) is 51.4 Å². The fourth-order valence-electron chi connectivity index (χ4n) is 26.0. The van der Waals surface area contributed by atoms with E-state index in [9.17, 15) is 19.2 Å². The van der Waals surface area contributed by atoms with E-state index < -0.39 is 0 Å². The summed E-state index contributed by atoms with van der Waals surface area (Å²) in [6, 6.07) is 85.5. The van der Waals surface area contributed by atoms with Gasteiger partial charge in [-0.25, -0.2) is 0 Å². The molecule has 720 valence electrons. The predicted octanol–water partition coefficient (Wildman–Crippen LogP) is 31.7. The van der Waals surface area contributed by atoms with Crippen LogP contribution >= 0.6 is 0 Å². The molecule has 0 radical (unpaired) electrons. The molecule has 4 aliphatic rings. The molecule has 0 fully saturated rings. The zero-order valence-electron chi connectivity index (χ0n) is 84.3. The highest BCUT2D eigenvalue weighted by molar-refractivity contribution is 6.49. The molecule has 24 rings (SSSR count). The predicted molar refractivity (Wildman–Crippen MR) is 593 cm³/mol. The first-order valence-electron chi connectivity index (χ1n) is 53.8. The van der Waals surface area contributed by atoms with E-state index in [1.807, 2.05) is 24.3 Å². The Kier molecular flexibility index (Phi) is 24.9. The molecule has 144 heavy (non-hydrogen) atoms. The van der Waals surface area contributed by atoms with Gasteiger partial charge >= 0.3 is 0 Å². The van der Waals surface area contributed by atoms with Crippen LogP contribution in [0, 0.1) is 23.7 Å². The van der Waals surface area contributed by atoms with Gasteiger partial charge in [0.2, 0.25) is 0 Å². The first-order valence-corrected chi connectivity index (χ1v) is 53.8. The van der Waals surface area contributed by atoms with Crippen molar-refractivity contribution in [2.24, 2.45) is 23.7 Å². The number of fused-ring (bicyclic) bond motifs is 8. The first-order chi connectivity index (χ1) is 70.5. The molecular weight excluding hydrogens is 1770 g/mol. The van der Waals surface area contributed by atoms with Crippen molar-refractivity contribution in [1.82, 2.24) is 19.6 Å². The fourth-order valence-corrected chi connectivity index (χ4v) is 26.0. The average molecular weight is 1890 g/mol. The summed E-state index contributed by atoms with van der Waals surface area (Å²) in [5.74, 6) is -0.510. The number of aryl methyl sites for hydroxylation is 8. The van der Waals surface area contributed by atoms with Crippen molar-refractivity contribution >= 4 is 198 Å². The molecule has 12 heteroatoms. The van der Waals surface area contributed by atoms with Crippen LogP contribution in [-0.4, -0.2) is 93.0 Å². The monoisotopic (exact) mass is 1890 g/mol. The smallest absolute Gasteiger partial charge is 0.261 e. The van der Waals surface area contributed by atoms with Gasteiger partial charge in [-0.15, -0.1) is 0 Å². The van der Waals surface area contributed by atoms with Gasteiger partial charge in [-0.1, -0.05) is 327 Å². The van der Waals surface area contributed by atoms with Crippen LogP contribution in [0.1, 0.15) is 285 Å². The topological polar surface area (TPSA) is 150 Å². The quantitative estimate of drug-likeness (QED) is 0.0214. The van der Waals surface area contributed by atoms with E-state index in [1.165, 1.54) is 32.1 Å². The average Bonchev–Trinajstić information content (AvgIpc) is 0.694. The van der Waals surface area contributed by atoms with Crippen molar-refractivity contribution in [3.05, 3.63) is 332 Å². The van der Waals surface area contributed by atoms with Crippen molar-refractivity contribution in [3.63, 3.8) is 0 Å². The first kappa shape index (κ1) is 93.3. The van der Waals surface area contributed by atoms with Gasteiger partial charge < -0.3 is 0 Å². The summed E-state index contributed by atoms with van der Waals surface area (Å²) < 4.78 is 0. The molecule has 4 heterocycles. The molecular formula is C132H124N4O8. The highest BCUT2D eigenvalue weighted by atomic mass is 16.2. The number of carbonyl (C=O) groups excluding carboxylic acids is 8. The van der Waals surface area contributed by atoms with E-state index in [0.29, 0.717) is 96.4 Å². The van der Waals surface area contributed by atoms with E-state index in [0.717, 1.165) is 301 Å². The van der Waals surface area contributed by atoms with Gasteiger partial charge in [-0.3, -0.25) is 58.0 Å². The Morgan fingerprint density at radius 3 is 0.569 bits per heavy atom. The number of benzene rings is 20. The molecule has 4 aliphatic heterocycles. The van der Waals surface area contributed by atoms with Gasteiger partial charge in [0.05, 0.1) is 22.3 Å². The number of rotatable bonds is 36. The summed E-state index contributed by atoms with van der Waals surface area (Å²) in [5, 5.41) is 28.6. The number of nitrogens with zero attached hydrogens (tertiary/aromatic N) is 4. The van der Waals surface area contributed by atoms with Crippen LogP contribution < -0.4 is 0 Å². The summed E-state index contributed by atoms with van der Waals surface area (Å²) in [6.45, 7) is 19.1. The third-order valence-electron chi connectivity index (χ3n) is 33.9. The molecule has 0 saturated heterocycles. The normalized spacial score (nSPS) is 14.8. The molecule has 0 bridgehead atoms. The summed E-state index contributed by atoms with van der Waals surface area (Å²) in [6.07, 6.45) is 21.6. The van der Waals surface area contributed by atoms with Crippen molar-refractivity contribution in [2.75, 3.05) is 26.2 Å². The third kappa shape index (κ3) is 15.3. The standard InChI is InChI=1S/C82H78N2O4.C50H46N2O4/c1-5-9-23-51(7-3)49-83-79(85)69-57(37-33-53-25-15-11-16-26-53)45-65-61-41-43-63-67-47-59(39-35-55-29-19-13-20-30-55)71-78-72(82(88)84(81(71)87)50-52(8-4)24-10-6-2)60(40-36-56-31-21-14-22-32-56)48-68(76(67)78)64-44-42-62(73(61)74(63)64)66-46-58(38-34-54-27-17-12-18-28-54)70(80(83)86)77(69)75(65)66;1-5-9-11-27(7-3)25-51-47(53)37-21-17-33-29-13-15-31-35-19-23-39-46-40(50(56)52(49(39)55)26-28(8-4)12-10-6-2)24-20-36(44(35)46)32-16-14-30(41(29)42(31)32)34-18-22-38(48(51)54)45(37)43(33)34/h11-22,25-32,41-48,51-52H,5-10,23-24,33-40,49-50H2,1-4H3;13-24,27-28H,5-12,25-26H2,1-4H3. The molecule has 0 N–H and O–H groups in total. The fraction of sp³-hybridized carbons (Fsp3) is 0.303. The maximum atomic E-state index is 15.8. The van der Waals surface area contributed by atoms with E-state index in [4.69, 9.17) is 0 Å². The molecule has 4 unspecified atom stereocenters. The molecule has 20 aromatic carbocycles. The number of hydrogen-bond donors (Lipinski definition) is 0. The lowest BCUT2D eigenvalue weighted by atomic mass is 9.76. The number of carbonyl (C=O) groups is 8. The van der Waals surface area contributed by atoms with E-state index in [2.05, 4.69) is 274 Å². The second-order valence-electron chi connectivity index (χ2n) is 42.1. The summed E-state index contributed by atoms with van der Waals surface area (Å²) in [4.78, 5) is 126. The van der Waals surface area contributed by atoms with Crippen LogP contribution in [0.2, 0.25) is 0 Å². The van der Waals surface area contributed by atoms with Crippen LogP contribution in [0.3, 0.4) is 0 Å². The van der Waals surface area contributed by atoms with Gasteiger partial charge in [0, 0.05) is 70.0 Å². The van der Waals surface area contributed by atoms with Gasteiger partial charge in [-0.2, -0.15) is 0 Å². The largest absolute Gasteiger partial charge is 0.274 e. The highest BCUT2D eigenvalue weighted by Crippen LogP contribution is 2.56. The van der Waals surface area contributed by atoms with E-state index >= 15 is 19.2 Å². The minimum atomic E-state index is -0.199. The third-order valence-corrected chi connectivity index (χ3v) is 33.9. The Bertz CT molecular complexity index is 7670. The highest BCUT2D eigenvalue weighted by Gasteiger charge is 2.44. The molecule has 0 spiro atoms. The van der Waals surface area contributed by atoms with Crippen LogP contribution in [0.25, 0.3) is 151 Å².